The molecule has 162 valence electrons. The number of hydrogen-bond acceptors (Lipinski definition) is 12. The van der Waals surface area contributed by atoms with Gasteiger partial charge in [-0.25, -0.2) is 0 Å². The minimum absolute atomic E-state index is 0. The minimum atomic E-state index is -1.63. The molecule has 0 aromatic heterocycles. The summed E-state index contributed by atoms with van der Waals surface area (Å²) >= 11 is 0. The standard InChI is InChI=1S/C6H16N2.2C3H4O4.2H3N.2Pt/c7-5-3-1-2-4-6-8;2*4-2(5)1-3(6)7;;;;/h1-8H2;2*1H2,(H,4,5)(H,6,7);2*1H3;;/q;;;;;2*+2/p-4. The van der Waals surface area contributed by atoms with Gasteiger partial charge in [-0.2, -0.15) is 0 Å². The SMILES string of the molecule is N.N.NCCCCCCN.O=C([O-])CC(=O)[O-].O=C([O-])CC(=O)[O-].[Pt+2].[Pt+2]. The van der Waals surface area contributed by atoms with Gasteiger partial charge >= 0.3 is 42.1 Å². The molecule has 0 aliphatic rings. The summed E-state index contributed by atoms with van der Waals surface area (Å²) in [6.45, 7) is 1.65. The summed E-state index contributed by atoms with van der Waals surface area (Å²) in [5.74, 6) is -6.50. The molecule has 0 rings (SSSR count). The molecule has 26 heavy (non-hydrogen) atoms. The molecule has 0 amide bonds. The van der Waals surface area contributed by atoms with Gasteiger partial charge in [-0.15, -0.1) is 0 Å². The van der Waals surface area contributed by atoms with E-state index in [-0.39, 0.29) is 54.4 Å². The number of carbonyl (C=O) groups excluding carboxylic acids is 4. The largest absolute Gasteiger partial charge is 2.00 e. The number of carbonyl (C=O) groups is 4. The zero-order valence-electron chi connectivity index (χ0n) is 14.1. The Morgan fingerprint density at radius 2 is 0.731 bits per heavy atom. The van der Waals surface area contributed by atoms with Crippen molar-refractivity contribution in [3.63, 3.8) is 0 Å². The Balaban J connectivity index is -0.0000000388. The molecule has 0 aliphatic heterocycles. The molecular formula is C12H26N4O8Pt2. The van der Waals surface area contributed by atoms with Gasteiger partial charge in [-0.05, 0) is 25.9 Å². The molecule has 0 heterocycles. The van der Waals surface area contributed by atoms with Crippen LogP contribution in [0.2, 0.25) is 0 Å². The Morgan fingerprint density at radius 1 is 0.538 bits per heavy atom. The average Bonchev–Trinajstić information content (AvgIpc) is 2.33. The molecule has 12 nitrogen and oxygen atoms in total. The molecule has 0 aromatic rings. The number of unbranched alkanes of at least 4 members (excludes halogenated alkanes) is 3. The third-order valence-corrected chi connectivity index (χ3v) is 1.74. The molecule has 0 saturated heterocycles. The van der Waals surface area contributed by atoms with Gasteiger partial charge in [0.05, 0.1) is 0 Å². The smallest absolute Gasteiger partial charge is 0.550 e. The van der Waals surface area contributed by atoms with E-state index in [9.17, 15) is 39.6 Å². The Bertz CT molecular complexity index is 293. The number of nitrogens with two attached hydrogens (primary N) is 2. The van der Waals surface area contributed by atoms with E-state index in [1.807, 2.05) is 0 Å². The molecular weight excluding hydrogens is 718 g/mol. The maximum atomic E-state index is 9.28. The summed E-state index contributed by atoms with van der Waals surface area (Å²) in [5.41, 5.74) is 10.6. The summed E-state index contributed by atoms with van der Waals surface area (Å²) in [4.78, 5) is 37.1. The molecule has 0 saturated carbocycles. The van der Waals surface area contributed by atoms with Crippen LogP contribution < -0.4 is 44.2 Å². The quantitative estimate of drug-likeness (QED) is 0.127. The molecule has 0 spiro atoms. The Hall–Kier alpha value is -0.903. The molecule has 0 aliphatic carbocycles. The molecule has 0 bridgehead atoms. The van der Waals surface area contributed by atoms with Crippen LogP contribution in [-0.4, -0.2) is 37.0 Å². The van der Waals surface area contributed by atoms with Crippen molar-refractivity contribution >= 4 is 23.9 Å². The fourth-order valence-electron chi connectivity index (χ4n) is 0.878. The van der Waals surface area contributed by atoms with Gasteiger partial charge in [0.2, 0.25) is 0 Å². The first-order chi connectivity index (χ1) is 10.2. The maximum absolute atomic E-state index is 9.28. The Morgan fingerprint density at radius 3 is 0.808 bits per heavy atom. The van der Waals surface area contributed by atoms with Crippen molar-refractivity contribution in [3.05, 3.63) is 0 Å². The third kappa shape index (κ3) is 77.1. The topological polar surface area (TPSA) is 283 Å². The van der Waals surface area contributed by atoms with E-state index in [2.05, 4.69) is 0 Å². The predicted molar refractivity (Wildman–Crippen MR) is 75.9 cm³/mol. The van der Waals surface area contributed by atoms with Crippen LogP contribution in [0, 0.1) is 0 Å². The van der Waals surface area contributed by atoms with Crippen molar-refractivity contribution in [2.24, 2.45) is 11.5 Å². The molecule has 0 radical (unpaired) electrons. The average molecular weight is 745 g/mol. The number of hydrogen-bond donors (Lipinski definition) is 4. The van der Waals surface area contributed by atoms with E-state index in [4.69, 9.17) is 11.5 Å². The zero-order chi connectivity index (χ0) is 18.0. The first kappa shape index (κ1) is 44.5. The van der Waals surface area contributed by atoms with Crippen LogP contribution in [0.5, 0.6) is 0 Å². The van der Waals surface area contributed by atoms with E-state index in [0.29, 0.717) is 0 Å². The first-order valence-electron chi connectivity index (χ1n) is 6.36. The molecule has 0 unspecified atom stereocenters. The fourth-order valence-corrected chi connectivity index (χ4v) is 0.878. The number of carboxylic acid groups (broad SMARTS) is 4. The van der Waals surface area contributed by atoms with Crippen molar-refractivity contribution in [2.75, 3.05) is 13.1 Å². The third-order valence-electron chi connectivity index (χ3n) is 1.74. The second kappa shape index (κ2) is 35.2. The summed E-state index contributed by atoms with van der Waals surface area (Å²) in [6, 6.07) is 0. The number of rotatable bonds is 9. The van der Waals surface area contributed by atoms with Gasteiger partial charge in [-0.3, -0.25) is 0 Å². The van der Waals surface area contributed by atoms with Gasteiger partial charge in [0, 0.05) is 36.7 Å². The zero-order valence-corrected chi connectivity index (χ0v) is 18.7. The summed E-state index contributed by atoms with van der Waals surface area (Å²) in [7, 11) is 0. The van der Waals surface area contributed by atoms with Crippen molar-refractivity contribution in [1.29, 1.82) is 0 Å². The Labute approximate surface area is 180 Å². The molecule has 10 N–H and O–H groups in total. The number of aliphatic carboxylic acids is 4. The monoisotopic (exact) mass is 744 g/mol. The van der Waals surface area contributed by atoms with Gasteiger partial charge < -0.3 is 63.4 Å². The normalized spacial score (nSPS) is 7.31. The van der Waals surface area contributed by atoms with E-state index in [1.54, 1.807) is 0 Å². The van der Waals surface area contributed by atoms with Crippen LogP contribution in [-0.2, 0) is 61.3 Å². The van der Waals surface area contributed by atoms with Crippen LogP contribution in [0.4, 0.5) is 0 Å². The predicted octanol–water partition coefficient (Wildman–Crippen LogP) is -5.46. The van der Waals surface area contributed by atoms with Crippen LogP contribution in [0.1, 0.15) is 38.5 Å². The van der Waals surface area contributed by atoms with Crippen LogP contribution in [0.25, 0.3) is 0 Å². The van der Waals surface area contributed by atoms with E-state index < -0.39 is 36.7 Å². The second-order valence-corrected chi connectivity index (χ2v) is 3.83. The summed E-state index contributed by atoms with van der Waals surface area (Å²) < 4.78 is 0. The summed E-state index contributed by atoms with van der Waals surface area (Å²) in [5, 5.41) is 37.1. The molecule has 0 aromatic carbocycles. The van der Waals surface area contributed by atoms with Crippen molar-refractivity contribution < 1.29 is 81.7 Å². The van der Waals surface area contributed by atoms with Gasteiger partial charge in [0.15, 0.2) is 0 Å². The van der Waals surface area contributed by atoms with E-state index in [0.717, 1.165) is 25.9 Å². The maximum Gasteiger partial charge on any atom is 2.00 e. The van der Waals surface area contributed by atoms with Gasteiger partial charge in [0.25, 0.3) is 0 Å². The van der Waals surface area contributed by atoms with Crippen molar-refractivity contribution in [3.8, 4) is 0 Å². The van der Waals surface area contributed by atoms with Gasteiger partial charge in [-0.1, -0.05) is 12.8 Å². The molecule has 0 atom stereocenters. The van der Waals surface area contributed by atoms with Crippen molar-refractivity contribution in [2.45, 2.75) is 38.5 Å². The fraction of sp³-hybridized carbons (Fsp3) is 0.667. The second-order valence-electron chi connectivity index (χ2n) is 3.83. The van der Waals surface area contributed by atoms with E-state index in [1.165, 1.54) is 12.8 Å². The Kier molecular flexibility index (Phi) is 60.3. The molecule has 14 heteroatoms. The van der Waals surface area contributed by atoms with Crippen molar-refractivity contribution in [1.82, 2.24) is 12.3 Å². The van der Waals surface area contributed by atoms with Crippen LogP contribution in [0.15, 0.2) is 0 Å². The van der Waals surface area contributed by atoms with E-state index >= 15 is 0 Å². The summed E-state index contributed by atoms with van der Waals surface area (Å²) in [6.07, 6.45) is 2.74. The first-order valence-corrected chi connectivity index (χ1v) is 6.36. The minimum Gasteiger partial charge on any atom is -0.550 e. The van der Waals surface area contributed by atoms with Crippen LogP contribution >= 0.6 is 0 Å². The molecule has 0 fully saturated rings. The van der Waals surface area contributed by atoms with Gasteiger partial charge in [0.1, 0.15) is 0 Å². The van der Waals surface area contributed by atoms with Crippen LogP contribution in [0.3, 0.4) is 0 Å². The number of carboxylic acids is 4.